The van der Waals surface area contributed by atoms with Crippen LogP contribution in [-0.4, -0.2) is 26.7 Å². The zero-order valence-corrected chi connectivity index (χ0v) is 12.3. The Morgan fingerprint density at radius 2 is 1.67 bits per heavy atom. The van der Waals surface area contributed by atoms with Gasteiger partial charge in [0.1, 0.15) is 0 Å². The predicted molar refractivity (Wildman–Crippen MR) is 75.3 cm³/mol. The number of nitrogens with zero attached hydrogens (tertiary/aromatic N) is 1. The first-order valence-electron chi connectivity index (χ1n) is 6.23. The van der Waals surface area contributed by atoms with E-state index < -0.39 is 0 Å². The summed E-state index contributed by atoms with van der Waals surface area (Å²) in [6, 6.07) is 2.21. The molecule has 3 heteroatoms. The third kappa shape index (κ3) is 3.03. The van der Waals surface area contributed by atoms with E-state index in [0.29, 0.717) is 13.0 Å². The first-order valence-corrected chi connectivity index (χ1v) is 6.23. The number of esters is 1. The lowest BCUT2D eigenvalue weighted by molar-refractivity contribution is -0.140. The van der Waals surface area contributed by atoms with Gasteiger partial charge in [-0.05, 0) is 49.9 Å². The summed E-state index contributed by atoms with van der Waals surface area (Å²) < 4.78 is 4.68. The van der Waals surface area contributed by atoms with Crippen LogP contribution in [-0.2, 0) is 9.53 Å². The SMILES string of the molecule is COC(=O)CCN(C)c1c(C)c(C)cc(C)c1C. The summed E-state index contributed by atoms with van der Waals surface area (Å²) in [6.07, 6.45) is 0.416. The maximum atomic E-state index is 11.2. The van der Waals surface area contributed by atoms with Crippen LogP contribution < -0.4 is 4.90 Å². The molecule has 0 heterocycles. The van der Waals surface area contributed by atoms with E-state index >= 15 is 0 Å². The van der Waals surface area contributed by atoms with E-state index in [4.69, 9.17) is 0 Å². The highest BCUT2D eigenvalue weighted by molar-refractivity contribution is 5.71. The second-order valence-corrected chi connectivity index (χ2v) is 4.86. The lowest BCUT2D eigenvalue weighted by atomic mass is 9.98. The van der Waals surface area contributed by atoms with Gasteiger partial charge in [-0.1, -0.05) is 6.07 Å². The number of anilines is 1. The highest BCUT2D eigenvalue weighted by Crippen LogP contribution is 2.29. The van der Waals surface area contributed by atoms with Crippen molar-refractivity contribution in [2.45, 2.75) is 34.1 Å². The summed E-state index contributed by atoms with van der Waals surface area (Å²) >= 11 is 0. The Kier molecular flexibility index (Phi) is 4.76. The largest absolute Gasteiger partial charge is 0.469 e. The van der Waals surface area contributed by atoms with Gasteiger partial charge in [-0.3, -0.25) is 4.79 Å². The van der Waals surface area contributed by atoms with Crippen LogP contribution in [0.25, 0.3) is 0 Å². The molecule has 0 atom stereocenters. The van der Waals surface area contributed by atoms with Crippen LogP contribution in [0, 0.1) is 27.7 Å². The third-order valence-corrected chi connectivity index (χ3v) is 3.59. The molecule has 0 aliphatic carbocycles. The highest BCUT2D eigenvalue weighted by Gasteiger charge is 2.13. The molecule has 0 amide bonds. The minimum absolute atomic E-state index is 0.165. The zero-order valence-electron chi connectivity index (χ0n) is 12.3. The van der Waals surface area contributed by atoms with Crippen molar-refractivity contribution in [2.24, 2.45) is 0 Å². The topological polar surface area (TPSA) is 29.5 Å². The summed E-state index contributed by atoms with van der Waals surface area (Å²) in [5.74, 6) is -0.165. The molecule has 0 unspecified atom stereocenters. The Morgan fingerprint density at radius 1 is 1.17 bits per heavy atom. The summed E-state index contributed by atoms with van der Waals surface area (Å²) in [4.78, 5) is 13.3. The number of aryl methyl sites for hydroxylation is 2. The average Bonchev–Trinajstić information content (AvgIpc) is 2.33. The van der Waals surface area contributed by atoms with Crippen molar-refractivity contribution in [1.82, 2.24) is 0 Å². The fraction of sp³-hybridized carbons (Fsp3) is 0.533. The number of hydrogen-bond acceptors (Lipinski definition) is 3. The van der Waals surface area contributed by atoms with Crippen LogP contribution >= 0.6 is 0 Å². The minimum Gasteiger partial charge on any atom is -0.469 e. The van der Waals surface area contributed by atoms with Gasteiger partial charge >= 0.3 is 5.97 Å². The molecule has 0 spiro atoms. The monoisotopic (exact) mass is 249 g/mol. The molecule has 1 aromatic carbocycles. The number of ether oxygens (including phenoxy) is 1. The van der Waals surface area contributed by atoms with E-state index in [0.717, 1.165) is 0 Å². The van der Waals surface area contributed by atoms with Crippen molar-refractivity contribution < 1.29 is 9.53 Å². The lowest BCUT2D eigenvalue weighted by Gasteiger charge is -2.25. The normalized spacial score (nSPS) is 10.3. The zero-order chi connectivity index (χ0) is 13.9. The molecule has 0 saturated carbocycles. The van der Waals surface area contributed by atoms with Gasteiger partial charge in [0.25, 0.3) is 0 Å². The summed E-state index contributed by atoms with van der Waals surface area (Å²) in [5, 5.41) is 0. The van der Waals surface area contributed by atoms with Crippen LogP contribution in [0.15, 0.2) is 6.07 Å². The van der Waals surface area contributed by atoms with E-state index in [1.807, 2.05) is 7.05 Å². The van der Waals surface area contributed by atoms with Crippen LogP contribution in [0.2, 0.25) is 0 Å². The molecule has 0 saturated heterocycles. The quantitative estimate of drug-likeness (QED) is 0.768. The van der Waals surface area contributed by atoms with E-state index in [-0.39, 0.29) is 5.97 Å². The van der Waals surface area contributed by atoms with Crippen LogP contribution in [0.3, 0.4) is 0 Å². The van der Waals surface area contributed by atoms with Crippen molar-refractivity contribution in [1.29, 1.82) is 0 Å². The summed E-state index contributed by atoms with van der Waals surface area (Å²) in [7, 11) is 3.45. The van der Waals surface area contributed by atoms with E-state index in [1.165, 1.54) is 35.1 Å². The Balaban J connectivity index is 2.98. The van der Waals surface area contributed by atoms with E-state index in [1.54, 1.807) is 0 Å². The first-order chi connectivity index (χ1) is 8.38. The van der Waals surface area contributed by atoms with Crippen molar-refractivity contribution in [2.75, 3.05) is 25.6 Å². The van der Waals surface area contributed by atoms with Crippen molar-refractivity contribution in [3.05, 3.63) is 28.3 Å². The Morgan fingerprint density at radius 3 is 2.11 bits per heavy atom. The van der Waals surface area contributed by atoms with Gasteiger partial charge < -0.3 is 9.64 Å². The maximum absolute atomic E-state index is 11.2. The molecule has 0 aliphatic rings. The standard InChI is InChI=1S/C15H23NO2/c1-10-9-11(2)13(4)15(12(10)3)16(5)8-7-14(17)18-6/h9H,7-8H2,1-6H3. The van der Waals surface area contributed by atoms with Gasteiger partial charge in [0, 0.05) is 19.3 Å². The smallest absolute Gasteiger partial charge is 0.307 e. The number of benzene rings is 1. The molecule has 100 valence electrons. The number of carbonyl (C=O) groups excluding carboxylic acids is 1. The van der Waals surface area contributed by atoms with Crippen LogP contribution in [0.1, 0.15) is 28.7 Å². The molecule has 0 radical (unpaired) electrons. The number of rotatable bonds is 4. The number of methoxy groups -OCH3 is 1. The Bertz CT molecular complexity index is 426. The van der Waals surface area contributed by atoms with Crippen LogP contribution in [0.4, 0.5) is 5.69 Å². The first kappa shape index (κ1) is 14.6. The summed E-state index contributed by atoms with van der Waals surface area (Å²) in [5.41, 5.74) is 6.38. The van der Waals surface area contributed by atoms with Crippen molar-refractivity contribution >= 4 is 11.7 Å². The summed E-state index contributed by atoms with van der Waals surface area (Å²) in [6.45, 7) is 9.19. The molecule has 0 aromatic heterocycles. The highest BCUT2D eigenvalue weighted by atomic mass is 16.5. The number of hydrogen-bond donors (Lipinski definition) is 0. The second kappa shape index (κ2) is 5.89. The molecule has 0 fully saturated rings. The molecule has 3 nitrogen and oxygen atoms in total. The van der Waals surface area contributed by atoms with Gasteiger partial charge in [-0.2, -0.15) is 0 Å². The molecular formula is C15H23NO2. The van der Waals surface area contributed by atoms with Crippen molar-refractivity contribution in [3.63, 3.8) is 0 Å². The molecular weight excluding hydrogens is 226 g/mol. The van der Waals surface area contributed by atoms with Crippen LogP contribution in [0.5, 0.6) is 0 Å². The minimum atomic E-state index is -0.165. The Labute approximate surface area is 110 Å². The maximum Gasteiger partial charge on any atom is 0.307 e. The average molecular weight is 249 g/mol. The number of carbonyl (C=O) groups is 1. The van der Waals surface area contributed by atoms with Gasteiger partial charge in [0.05, 0.1) is 13.5 Å². The fourth-order valence-electron chi connectivity index (χ4n) is 2.24. The molecule has 0 bridgehead atoms. The van der Waals surface area contributed by atoms with Crippen molar-refractivity contribution in [3.8, 4) is 0 Å². The van der Waals surface area contributed by atoms with Gasteiger partial charge in [-0.25, -0.2) is 0 Å². The van der Waals surface area contributed by atoms with E-state index in [2.05, 4.69) is 43.4 Å². The predicted octanol–water partition coefficient (Wildman–Crippen LogP) is 2.92. The van der Waals surface area contributed by atoms with E-state index in [9.17, 15) is 4.79 Å². The third-order valence-electron chi connectivity index (χ3n) is 3.59. The van der Waals surface area contributed by atoms with Gasteiger partial charge in [-0.15, -0.1) is 0 Å². The van der Waals surface area contributed by atoms with Gasteiger partial charge in [0.2, 0.25) is 0 Å². The molecule has 0 N–H and O–H groups in total. The van der Waals surface area contributed by atoms with Gasteiger partial charge in [0.15, 0.2) is 0 Å². The fourth-order valence-corrected chi connectivity index (χ4v) is 2.24. The second-order valence-electron chi connectivity index (χ2n) is 4.86. The Hall–Kier alpha value is -1.51. The molecule has 0 aliphatic heterocycles. The molecule has 18 heavy (non-hydrogen) atoms. The lowest BCUT2D eigenvalue weighted by Crippen LogP contribution is -2.23. The molecule has 1 aromatic rings. The molecule has 1 rings (SSSR count).